The van der Waals surface area contributed by atoms with Gasteiger partial charge in [0, 0.05) is 16.5 Å². The molecule has 29 heavy (non-hydrogen) atoms. The monoisotopic (exact) mass is 404 g/mol. The minimum Gasteiger partial charge on any atom is -0.497 e. The second kappa shape index (κ2) is 7.64. The first-order valence-corrected chi connectivity index (χ1v) is 10.1. The molecule has 4 rings (SSSR count). The molecule has 5 nitrogen and oxygen atoms in total. The molecule has 0 spiro atoms. The Morgan fingerprint density at radius 1 is 1.10 bits per heavy atom. The van der Waals surface area contributed by atoms with Crippen molar-refractivity contribution in [2.24, 2.45) is 0 Å². The van der Waals surface area contributed by atoms with Gasteiger partial charge >= 0.3 is 0 Å². The quantitative estimate of drug-likeness (QED) is 0.455. The van der Waals surface area contributed by atoms with Crippen LogP contribution in [0.25, 0.3) is 21.3 Å². The third-order valence-electron chi connectivity index (χ3n) is 4.96. The maximum absolute atomic E-state index is 13.2. The van der Waals surface area contributed by atoms with E-state index in [1.54, 1.807) is 31.4 Å². The van der Waals surface area contributed by atoms with Gasteiger partial charge in [0.2, 0.25) is 0 Å². The average Bonchev–Trinajstić information content (AvgIpc) is 3.14. The van der Waals surface area contributed by atoms with Crippen molar-refractivity contribution < 1.29 is 9.53 Å². The number of rotatable bonds is 5. The van der Waals surface area contributed by atoms with Crippen LogP contribution in [-0.2, 0) is 6.54 Å². The van der Waals surface area contributed by atoms with Crippen LogP contribution in [0.1, 0.15) is 21.5 Å². The summed E-state index contributed by atoms with van der Waals surface area (Å²) in [6.45, 7) is 4.02. The summed E-state index contributed by atoms with van der Waals surface area (Å²) in [5.74, 6) is 0.525. The molecule has 0 aliphatic rings. The number of hydrogen-bond donors (Lipinski definition) is 0. The maximum Gasteiger partial charge on any atom is 0.263 e. The van der Waals surface area contributed by atoms with Crippen LogP contribution in [0.5, 0.6) is 5.75 Å². The van der Waals surface area contributed by atoms with Gasteiger partial charge in [0.25, 0.3) is 5.56 Å². The highest BCUT2D eigenvalue weighted by Gasteiger charge is 2.16. The third kappa shape index (κ3) is 3.59. The van der Waals surface area contributed by atoms with Crippen LogP contribution in [0, 0.1) is 13.8 Å². The number of carbonyl (C=O) groups excluding carboxylic acids is 1. The number of nitrogens with zero attached hydrogens (tertiary/aromatic N) is 2. The van der Waals surface area contributed by atoms with E-state index in [1.807, 2.05) is 31.4 Å². The maximum atomic E-state index is 13.2. The Morgan fingerprint density at radius 2 is 1.86 bits per heavy atom. The van der Waals surface area contributed by atoms with Gasteiger partial charge in [0.05, 0.1) is 25.4 Å². The zero-order valence-electron chi connectivity index (χ0n) is 16.4. The van der Waals surface area contributed by atoms with Gasteiger partial charge in [0.15, 0.2) is 5.78 Å². The fraction of sp³-hybridized carbons (Fsp3) is 0.174. The van der Waals surface area contributed by atoms with E-state index >= 15 is 0 Å². The zero-order valence-corrected chi connectivity index (χ0v) is 17.2. The molecule has 2 aromatic carbocycles. The molecule has 146 valence electrons. The van der Waals surface area contributed by atoms with Crippen molar-refractivity contribution in [1.82, 2.24) is 9.55 Å². The predicted molar refractivity (Wildman–Crippen MR) is 116 cm³/mol. The number of aromatic nitrogens is 2. The summed E-state index contributed by atoms with van der Waals surface area (Å²) in [7, 11) is 1.57. The van der Waals surface area contributed by atoms with Crippen molar-refractivity contribution in [3.05, 3.63) is 81.2 Å². The highest BCUT2D eigenvalue weighted by Crippen LogP contribution is 2.33. The van der Waals surface area contributed by atoms with Crippen molar-refractivity contribution in [2.45, 2.75) is 20.4 Å². The van der Waals surface area contributed by atoms with Gasteiger partial charge in [-0.3, -0.25) is 14.2 Å². The van der Waals surface area contributed by atoms with Gasteiger partial charge in [-0.05, 0) is 49.2 Å². The number of benzene rings is 2. The SMILES string of the molecule is COc1ccc(C(=O)Cn2cnc3scc(-c4ccc(C)cc4C)c3c2=O)cc1. The van der Waals surface area contributed by atoms with Crippen molar-refractivity contribution in [3.63, 3.8) is 0 Å². The number of Topliss-reactive ketones (excluding diaryl/α,β-unsaturated/α-hetero) is 1. The zero-order chi connectivity index (χ0) is 20.5. The van der Waals surface area contributed by atoms with Crippen LogP contribution in [-0.4, -0.2) is 22.4 Å². The molecular weight excluding hydrogens is 384 g/mol. The van der Waals surface area contributed by atoms with Crippen molar-refractivity contribution in [3.8, 4) is 16.9 Å². The van der Waals surface area contributed by atoms with Crippen LogP contribution in [0.3, 0.4) is 0 Å². The molecule has 2 heterocycles. The van der Waals surface area contributed by atoms with E-state index in [1.165, 1.54) is 27.8 Å². The molecule has 4 aromatic rings. The van der Waals surface area contributed by atoms with E-state index in [2.05, 4.69) is 11.1 Å². The van der Waals surface area contributed by atoms with Gasteiger partial charge < -0.3 is 4.74 Å². The Bertz CT molecular complexity index is 1270. The van der Waals surface area contributed by atoms with E-state index in [9.17, 15) is 9.59 Å². The average molecular weight is 404 g/mol. The lowest BCUT2D eigenvalue weighted by molar-refractivity contribution is 0.0970. The lowest BCUT2D eigenvalue weighted by Gasteiger charge is -2.08. The summed E-state index contributed by atoms with van der Waals surface area (Å²) in [6, 6.07) is 13.0. The minimum absolute atomic E-state index is 0.0593. The molecule has 0 radical (unpaired) electrons. The molecule has 0 fully saturated rings. The molecule has 6 heteroatoms. The molecule has 0 amide bonds. The van der Waals surface area contributed by atoms with E-state index < -0.39 is 0 Å². The third-order valence-corrected chi connectivity index (χ3v) is 5.85. The van der Waals surface area contributed by atoms with Gasteiger partial charge in [-0.1, -0.05) is 23.8 Å². The minimum atomic E-state index is -0.201. The molecule has 0 N–H and O–H groups in total. The summed E-state index contributed by atoms with van der Waals surface area (Å²) in [5, 5.41) is 2.53. The van der Waals surface area contributed by atoms with Crippen molar-refractivity contribution in [1.29, 1.82) is 0 Å². The molecule has 0 saturated carbocycles. The lowest BCUT2D eigenvalue weighted by atomic mass is 9.99. The summed E-state index contributed by atoms with van der Waals surface area (Å²) in [6.07, 6.45) is 1.45. The molecular formula is C23H20N2O3S. The van der Waals surface area contributed by atoms with Crippen LogP contribution in [0.15, 0.2) is 59.0 Å². The van der Waals surface area contributed by atoms with E-state index in [0.717, 1.165) is 16.7 Å². The van der Waals surface area contributed by atoms with Gasteiger partial charge in [-0.25, -0.2) is 4.98 Å². The largest absolute Gasteiger partial charge is 0.497 e. The number of ketones is 1. The number of thiophene rings is 1. The van der Waals surface area contributed by atoms with E-state index in [-0.39, 0.29) is 17.9 Å². The number of fused-ring (bicyclic) bond motifs is 1. The van der Waals surface area contributed by atoms with Crippen molar-refractivity contribution in [2.75, 3.05) is 7.11 Å². The van der Waals surface area contributed by atoms with Crippen LogP contribution in [0.4, 0.5) is 0 Å². The fourth-order valence-corrected chi connectivity index (χ4v) is 4.31. The topological polar surface area (TPSA) is 61.2 Å². The van der Waals surface area contributed by atoms with Crippen molar-refractivity contribution >= 4 is 27.3 Å². The molecule has 0 bridgehead atoms. The van der Waals surface area contributed by atoms with E-state index in [4.69, 9.17) is 4.74 Å². The van der Waals surface area contributed by atoms with Crippen LogP contribution in [0.2, 0.25) is 0 Å². The van der Waals surface area contributed by atoms with Crippen LogP contribution < -0.4 is 10.3 Å². The Hall–Kier alpha value is -3.25. The molecule has 0 aliphatic heterocycles. The second-order valence-corrected chi connectivity index (χ2v) is 7.84. The smallest absolute Gasteiger partial charge is 0.263 e. The molecule has 2 aromatic heterocycles. The number of hydrogen-bond acceptors (Lipinski definition) is 5. The Balaban J connectivity index is 1.74. The molecule has 0 atom stereocenters. The highest BCUT2D eigenvalue weighted by molar-refractivity contribution is 7.17. The number of aryl methyl sites for hydroxylation is 2. The standard InChI is InChI=1S/C23H20N2O3S/c1-14-4-9-18(15(2)10-14)19-12-29-22-21(19)23(27)25(13-24-22)11-20(26)16-5-7-17(28-3)8-6-16/h4-10,12-13H,11H2,1-3H3. The first kappa shape index (κ1) is 19.1. The van der Waals surface area contributed by atoms with E-state index in [0.29, 0.717) is 21.5 Å². The fourth-order valence-electron chi connectivity index (χ4n) is 3.42. The van der Waals surface area contributed by atoms with Gasteiger partial charge in [-0.15, -0.1) is 11.3 Å². The number of carbonyl (C=O) groups is 1. The van der Waals surface area contributed by atoms with Gasteiger partial charge in [0.1, 0.15) is 10.6 Å². The summed E-state index contributed by atoms with van der Waals surface area (Å²) >= 11 is 1.44. The molecule has 0 saturated heterocycles. The normalized spacial score (nSPS) is 11.0. The first-order chi connectivity index (χ1) is 14.0. The highest BCUT2D eigenvalue weighted by atomic mass is 32.1. The Labute approximate surface area is 172 Å². The van der Waals surface area contributed by atoms with Gasteiger partial charge in [-0.2, -0.15) is 0 Å². The summed E-state index contributed by atoms with van der Waals surface area (Å²) < 4.78 is 6.51. The Morgan fingerprint density at radius 3 is 2.55 bits per heavy atom. The number of ether oxygens (including phenoxy) is 1. The van der Waals surface area contributed by atoms with Crippen LogP contribution >= 0.6 is 11.3 Å². The summed E-state index contributed by atoms with van der Waals surface area (Å²) in [4.78, 5) is 30.9. The predicted octanol–water partition coefficient (Wildman–Crippen LogP) is 4.63. The lowest BCUT2D eigenvalue weighted by Crippen LogP contribution is -2.24. The number of methoxy groups -OCH3 is 1. The molecule has 0 unspecified atom stereocenters. The summed E-state index contributed by atoms with van der Waals surface area (Å²) in [5.41, 5.74) is 4.48. The Kier molecular flexibility index (Phi) is 5.03. The first-order valence-electron chi connectivity index (χ1n) is 9.19. The second-order valence-electron chi connectivity index (χ2n) is 6.98. The molecule has 0 aliphatic carbocycles.